The molecule has 4 aromatic rings. The third-order valence-electron chi connectivity index (χ3n) is 7.96. The molecule has 0 aliphatic carbocycles. The summed E-state index contributed by atoms with van der Waals surface area (Å²) < 4.78 is 43.8. The van der Waals surface area contributed by atoms with Crippen LogP contribution in [0.2, 0.25) is 5.02 Å². The van der Waals surface area contributed by atoms with Gasteiger partial charge in [0.1, 0.15) is 17.5 Å². The molecule has 1 N–H and O–H groups in total. The van der Waals surface area contributed by atoms with E-state index in [4.69, 9.17) is 25.8 Å². The number of nitrogens with one attached hydrogen (secondary N) is 1. The highest BCUT2D eigenvalue weighted by Gasteiger charge is 2.31. The number of ether oxygens (including phenoxy) is 3. The first-order valence-corrected chi connectivity index (χ1v) is 17.3. The topological polar surface area (TPSA) is 114 Å². The third-order valence-corrected chi connectivity index (χ3v) is 10.1. The van der Waals surface area contributed by atoms with Crippen LogP contribution in [-0.4, -0.2) is 75.5 Å². The first kappa shape index (κ1) is 34.9. The lowest BCUT2D eigenvalue weighted by atomic mass is 10.0. The zero-order chi connectivity index (χ0) is 33.9. The van der Waals surface area contributed by atoms with Crippen LogP contribution in [0.25, 0.3) is 0 Å². The van der Waals surface area contributed by atoms with Gasteiger partial charge in [0.25, 0.3) is 5.91 Å². The lowest BCUT2D eigenvalue weighted by Gasteiger charge is -2.31. The van der Waals surface area contributed by atoms with Crippen LogP contribution in [0.4, 0.5) is 0 Å². The smallest absolute Gasteiger partial charge is 0.261 e. The molecule has 5 rings (SSSR count). The van der Waals surface area contributed by atoms with Gasteiger partial charge in [-0.25, -0.2) is 8.42 Å². The van der Waals surface area contributed by atoms with E-state index < -0.39 is 22.0 Å². The average molecular weight is 692 g/mol. The second-order valence-corrected chi connectivity index (χ2v) is 13.6. The quantitative estimate of drug-likeness (QED) is 0.204. The molecule has 4 aromatic carbocycles. The number of carbonyl (C=O) groups excluding carboxylic acids is 2. The molecule has 252 valence electrons. The number of hydrogen-bond donors (Lipinski definition) is 1. The Labute approximate surface area is 286 Å². The zero-order valence-corrected chi connectivity index (χ0v) is 28.2. The Morgan fingerprint density at radius 3 is 2.12 bits per heavy atom. The Kier molecular flexibility index (Phi) is 12.1. The van der Waals surface area contributed by atoms with E-state index >= 15 is 0 Å². The molecule has 1 atom stereocenters. The Morgan fingerprint density at radius 2 is 1.48 bits per heavy atom. The first-order chi connectivity index (χ1) is 23.2. The summed E-state index contributed by atoms with van der Waals surface area (Å²) in [6, 6.07) is 29.1. The van der Waals surface area contributed by atoms with Crippen molar-refractivity contribution in [1.82, 2.24) is 14.5 Å². The number of nitrogens with zero attached hydrogens (tertiary/aromatic N) is 2. The number of hydrogen-bond acceptors (Lipinski definition) is 7. The van der Waals surface area contributed by atoms with Crippen molar-refractivity contribution >= 4 is 33.4 Å². The second-order valence-electron chi connectivity index (χ2n) is 11.2. The maximum Gasteiger partial charge on any atom is 0.261 e. The van der Waals surface area contributed by atoms with Crippen molar-refractivity contribution in [2.45, 2.75) is 30.4 Å². The molecule has 1 fully saturated rings. The van der Waals surface area contributed by atoms with Gasteiger partial charge in [0.2, 0.25) is 15.9 Å². The minimum absolute atomic E-state index is 0.129. The van der Waals surface area contributed by atoms with Gasteiger partial charge >= 0.3 is 0 Å². The summed E-state index contributed by atoms with van der Waals surface area (Å²) in [5.74, 6) is 0.282. The van der Waals surface area contributed by atoms with E-state index in [2.05, 4.69) is 5.32 Å². The maximum absolute atomic E-state index is 14.0. The summed E-state index contributed by atoms with van der Waals surface area (Å²) >= 11 is 6.13. The molecule has 48 heavy (non-hydrogen) atoms. The SMILES string of the molecule is COc1ccc(CNC(=O)[C@@H](Cc2ccccc2)N(Cc2ccc(Cl)cc2)C(=O)COc2ccc(S(=O)(=O)N3CCOCC3)cc2)cc1. The molecular weight excluding hydrogens is 654 g/mol. The van der Waals surface area contributed by atoms with Crippen molar-refractivity contribution in [2.24, 2.45) is 0 Å². The predicted octanol–water partition coefficient (Wildman–Crippen LogP) is 4.70. The Balaban J connectivity index is 1.35. The standard InChI is InChI=1S/C36H38ClN3O7S/c1-45-31-13-9-28(10-14-31)24-38-36(42)34(23-27-5-3-2-4-6-27)40(25-29-7-11-30(37)12-8-29)35(41)26-47-32-15-17-33(18-16-32)48(43,44)39-19-21-46-22-20-39/h2-18,34H,19-26H2,1H3,(H,38,42)/t34-/m1/s1. The van der Waals surface area contributed by atoms with Crippen LogP contribution < -0.4 is 14.8 Å². The molecule has 10 nitrogen and oxygen atoms in total. The van der Waals surface area contributed by atoms with Gasteiger partial charge in [-0.3, -0.25) is 9.59 Å². The van der Waals surface area contributed by atoms with Gasteiger partial charge < -0.3 is 24.4 Å². The molecule has 0 bridgehead atoms. The van der Waals surface area contributed by atoms with E-state index in [0.717, 1.165) is 16.7 Å². The monoisotopic (exact) mass is 691 g/mol. The number of methoxy groups -OCH3 is 1. The van der Waals surface area contributed by atoms with Crippen LogP contribution in [0.1, 0.15) is 16.7 Å². The fourth-order valence-electron chi connectivity index (χ4n) is 5.26. The van der Waals surface area contributed by atoms with E-state index in [1.54, 1.807) is 19.2 Å². The fraction of sp³-hybridized carbons (Fsp3) is 0.278. The molecule has 0 aromatic heterocycles. The van der Waals surface area contributed by atoms with E-state index in [0.29, 0.717) is 29.7 Å². The molecule has 0 spiro atoms. The van der Waals surface area contributed by atoms with Gasteiger partial charge in [-0.05, 0) is 65.2 Å². The highest BCUT2D eigenvalue weighted by atomic mass is 35.5. The minimum Gasteiger partial charge on any atom is -0.497 e. The van der Waals surface area contributed by atoms with Crippen LogP contribution in [-0.2, 0) is 43.9 Å². The minimum atomic E-state index is -3.68. The highest BCUT2D eigenvalue weighted by Crippen LogP contribution is 2.22. The number of amides is 2. The van der Waals surface area contributed by atoms with Crippen LogP contribution in [0, 0.1) is 0 Å². The molecule has 1 aliphatic heterocycles. The predicted molar refractivity (Wildman–Crippen MR) is 182 cm³/mol. The molecule has 1 heterocycles. The van der Waals surface area contributed by atoms with Gasteiger partial charge in [0.05, 0.1) is 25.2 Å². The van der Waals surface area contributed by atoms with E-state index in [-0.39, 0.29) is 50.0 Å². The summed E-state index contributed by atoms with van der Waals surface area (Å²) in [6.45, 7) is 1.28. The Hall–Kier alpha value is -4.42. The molecule has 1 saturated heterocycles. The largest absolute Gasteiger partial charge is 0.497 e. The van der Waals surface area contributed by atoms with E-state index in [1.165, 1.54) is 33.5 Å². The van der Waals surface area contributed by atoms with Crippen LogP contribution in [0.5, 0.6) is 11.5 Å². The fourth-order valence-corrected chi connectivity index (χ4v) is 6.80. The summed E-state index contributed by atoms with van der Waals surface area (Å²) in [7, 11) is -2.09. The molecule has 0 radical (unpaired) electrons. The normalized spacial score (nSPS) is 14.1. The molecule has 2 amide bonds. The van der Waals surface area contributed by atoms with Gasteiger partial charge in [0.15, 0.2) is 6.61 Å². The number of morpholine rings is 1. The summed E-state index contributed by atoms with van der Waals surface area (Å²) in [4.78, 5) is 29.5. The van der Waals surface area contributed by atoms with Gasteiger partial charge in [0, 0.05) is 37.6 Å². The molecular formula is C36H38ClN3O7S. The Bertz CT molecular complexity index is 1750. The van der Waals surface area contributed by atoms with Crippen molar-refractivity contribution in [3.05, 3.63) is 125 Å². The van der Waals surface area contributed by atoms with Gasteiger partial charge in [-0.2, -0.15) is 4.31 Å². The first-order valence-electron chi connectivity index (χ1n) is 15.5. The number of rotatable bonds is 14. The van der Waals surface area contributed by atoms with Crippen LogP contribution in [0.3, 0.4) is 0 Å². The summed E-state index contributed by atoms with van der Waals surface area (Å²) in [5.41, 5.74) is 2.54. The number of sulfonamides is 1. The summed E-state index contributed by atoms with van der Waals surface area (Å²) in [6.07, 6.45) is 0.267. The van der Waals surface area contributed by atoms with Gasteiger partial charge in [-0.1, -0.05) is 66.2 Å². The van der Waals surface area contributed by atoms with Crippen molar-refractivity contribution in [1.29, 1.82) is 0 Å². The number of benzene rings is 4. The number of carbonyl (C=O) groups is 2. The number of halogens is 1. The van der Waals surface area contributed by atoms with Crippen molar-refractivity contribution in [3.8, 4) is 11.5 Å². The highest BCUT2D eigenvalue weighted by molar-refractivity contribution is 7.89. The zero-order valence-electron chi connectivity index (χ0n) is 26.6. The second kappa shape index (κ2) is 16.6. The van der Waals surface area contributed by atoms with E-state index in [1.807, 2.05) is 66.7 Å². The molecule has 0 unspecified atom stereocenters. The van der Waals surface area contributed by atoms with Crippen molar-refractivity contribution < 1.29 is 32.2 Å². The van der Waals surface area contributed by atoms with Crippen LogP contribution in [0.15, 0.2) is 108 Å². The summed E-state index contributed by atoms with van der Waals surface area (Å²) in [5, 5.41) is 3.56. The van der Waals surface area contributed by atoms with E-state index in [9.17, 15) is 18.0 Å². The maximum atomic E-state index is 14.0. The third kappa shape index (κ3) is 9.35. The van der Waals surface area contributed by atoms with Gasteiger partial charge in [-0.15, -0.1) is 0 Å². The Morgan fingerprint density at radius 1 is 0.854 bits per heavy atom. The molecule has 0 saturated carbocycles. The van der Waals surface area contributed by atoms with Crippen molar-refractivity contribution in [3.63, 3.8) is 0 Å². The lowest BCUT2D eigenvalue weighted by Crippen LogP contribution is -2.51. The average Bonchev–Trinajstić information content (AvgIpc) is 3.13. The molecule has 1 aliphatic rings. The van der Waals surface area contributed by atoms with Crippen LogP contribution >= 0.6 is 11.6 Å². The molecule has 12 heteroatoms. The van der Waals surface area contributed by atoms with Crippen molar-refractivity contribution in [2.75, 3.05) is 40.0 Å². The lowest BCUT2D eigenvalue weighted by molar-refractivity contribution is -0.142.